The van der Waals surface area contributed by atoms with E-state index in [1.165, 1.54) is 18.1 Å². The normalized spacial score (nSPS) is 23.6. The van der Waals surface area contributed by atoms with Crippen molar-refractivity contribution < 1.29 is 9.47 Å². The molecule has 0 amide bonds. The zero-order valence-electron chi connectivity index (χ0n) is 12.7. The molecule has 3 N–H and O–H groups in total. The Kier molecular flexibility index (Phi) is 3.47. The molecule has 2 aliphatic rings. The van der Waals surface area contributed by atoms with Gasteiger partial charge in [-0.1, -0.05) is 0 Å². The number of nitrogens with zero attached hydrogens (tertiary/aromatic N) is 4. The third kappa shape index (κ3) is 2.56. The number of aromatic amines is 1. The van der Waals surface area contributed by atoms with Gasteiger partial charge in [-0.25, -0.2) is 15.0 Å². The van der Waals surface area contributed by atoms with E-state index in [9.17, 15) is 0 Å². The van der Waals surface area contributed by atoms with Crippen LogP contribution >= 0.6 is 11.8 Å². The van der Waals surface area contributed by atoms with E-state index < -0.39 is 0 Å². The average molecular weight is 332 g/mol. The molecule has 23 heavy (non-hydrogen) atoms. The number of hydrogen-bond acceptors (Lipinski definition) is 8. The van der Waals surface area contributed by atoms with E-state index >= 15 is 0 Å². The largest absolute Gasteiger partial charge is 0.382 e. The summed E-state index contributed by atoms with van der Waals surface area (Å²) in [7, 11) is 4.00. The smallest absolute Gasteiger partial charge is 0.183 e. The number of thioether (sulfide) groups is 1. The van der Waals surface area contributed by atoms with E-state index in [4.69, 9.17) is 15.2 Å². The van der Waals surface area contributed by atoms with Crippen LogP contribution in [0.4, 0.5) is 5.82 Å². The molecule has 0 aromatic carbocycles. The van der Waals surface area contributed by atoms with E-state index in [1.54, 1.807) is 0 Å². The zero-order valence-corrected chi connectivity index (χ0v) is 13.5. The first-order chi connectivity index (χ1) is 11.1. The molecule has 9 heteroatoms. The molecule has 2 aromatic heterocycles. The minimum atomic E-state index is -0.0598. The summed E-state index contributed by atoms with van der Waals surface area (Å²) in [6.45, 7) is 0.317. The van der Waals surface area contributed by atoms with Crippen LogP contribution in [0, 0.1) is 0 Å². The summed E-state index contributed by atoms with van der Waals surface area (Å²) in [5, 5.41) is 0.712. The highest BCUT2D eigenvalue weighted by molar-refractivity contribution is 8.03. The third-order valence-corrected chi connectivity index (χ3v) is 4.67. The predicted molar refractivity (Wildman–Crippen MR) is 86.4 cm³/mol. The van der Waals surface area contributed by atoms with E-state index in [1.807, 2.05) is 19.0 Å². The fourth-order valence-corrected chi connectivity index (χ4v) is 3.63. The number of H-pyrrole nitrogens is 1. The van der Waals surface area contributed by atoms with E-state index in [0.29, 0.717) is 28.9 Å². The molecule has 1 fully saturated rings. The SMILES string of the molecule is CN(C)C1=CC2OCOC2C=C1Sc1nc2ncnc(N)c2[nH]1. The van der Waals surface area contributed by atoms with Gasteiger partial charge in [-0.05, 0) is 23.9 Å². The summed E-state index contributed by atoms with van der Waals surface area (Å²) in [6.07, 6.45) is 5.47. The Morgan fingerprint density at radius 3 is 2.78 bits per heavy atom. The number of nitrogen functional groups attached to an aromatic ring is 1. The molecule has 1 aliphatic heterocycles. The number of rotatable bonds is 3. The molecular formula is C14H16N6O2S. The Morgan fingerprint density at radius 1 is 1.26 bits per heavy atom. The summed E-state index contributed by atoms with van der Waals surface area (Å²) >= 11 is 1.51. The number of nitrogens with two attached hydrogens (primary N) is 1. The van der Waals surface area contributed by atoms with Crippen LogP contribution in [0.15, 0.2) is 34.2 Å². The minimum absolute atomic E-state index is 0.0334. The molecule has 120 valence electrons. The first-order valence-electron chi connectivity index (χ1n) is 7.10. The van der Waals surface area contributed by atoms with Gasteiger partial charge < -0.3 is 25.1 Å². The van der Waals surface area contributed by atoms with Gasteiger partial charge in [-0.3, -0.25) is 0 Å². The highest BCUT2D eigenvalue weighted by atomic mass is 32.2. The molecule has 0 spiro atoms. The van der Waals surface area contributed by atoms with Crippen molar-refractivity contribution in [3.63, 3.8) is 0 Å². The Balaban J connectivity index is 1.67. The average Bonchev–Trinajstić information content (AvgIpc) is 3.12. The van der Waals surface area contributed by atoms with Crippen LogP contribution in [0.3, 0.4) is 0 Å². The van der Waals surface area contributed by atoms with Gasteiger partial charge in [0.2, 0.25) is 0 Å². The highest BCUT2D eigenvalue weighted by Gasteiger charge is 2.32. The third-order valence-electron chi connectivity index (χ3n) is 3.72. The molecule has 2 unspecified atom stereocenters. The monoisotopic (exact) mass is 332 g/mol. The summed E-state index contributed by atoms with van der Waals surface area (Å²) < 4.78 is 11.1. The lowest BCUT2D eigenvalue weighted by Crippen LogP contribution is -2.26. The summed E-state index contributed by atoms with van der Waals surface area (Å²) in [5.74, 6) is 0.392. The number of fused-ring (bicyclic) bond motifs is 2. The Labute approximate surface area is 136 Å². The molecule has 0 saturated carbocycles. The Bertz CT molecular complexity index is 815. The van der Waals surface area contributed by atoms with Gasteiger partial charge in [0.25, 0.3) is 0 Å². The van der Waals surface area contributed by atoms with Crippen LogP contribution in [0.5, 0.6) is 0 Å². The molecule has 3 heterocycles. The quantitative estimate of drug-likeness (QED) is 0.862. The maximum absolute atomic E-state index is 5.85. The van der Waals surface area contributed by atoms with Crippen molar-refractivity contribution in [2.24, 2.45) is 0 Å². The molecule has 2 aromatic rings. The molecule has 1 aliphatic carbocycles. The molecule has 0 bridgehead atoms. The van der Waals surface area contributed by atoms with Crippen molar-refractivity contribution in [1.29, 1.82) is 0 Å². The summed E-state index contributed by atoms with van der Waals surface area (Å²) in [5.41, 5.74) is 8.13. The summed E-state index contributed by atoms with van der Waals surface area (Å²) in [6, 6.07) is 0. The Hall–Kier alpha value is -2.10. The minimum Gasteiger partial charge on any atom is -0.382 e. The van der Waals surface area contributed by atoms with E-state index in [2.05, 4.69) is 32.1 Å². The second-order valence-corrected chi connectivity index (χ2v) is 6.49. The van der Waals surface area contributed by atoms with Gasteiger partial charge in [0.15, 0.2) is 16.6 Å². The maximum atomic E-state index is 5.85. The van der Waals surface area contributed by atoms with Crippen LogP contribution in [0.1, 0.15) is 0 Å². The van der Waals surface area contributed by atoms with E-state index in [0.717, 1.165) is 10.6 Å². The fourth-order valence-electron chi connectivity index (χ4n) is 2.58. The lowest BCUT2D eigenvalue weighted by molar-refractivity contribution is 0.0502. The van der Waals surface area contributed by atoms with Crippen LogP contribution < -0.4 is 5.73 Å². The van der Waals surface area contributed by atoms with Crippen molar-refractivity contribution in [3.8, 4) is 0 Å². The van der Waals surface area contributed by atoms with E-state index in [-0.39, 0.29) is 12.2 Å². The van der Waals surface area contributed by atoms with Gasteiger partial charge in [0.05, 0.1) is 0 Å². The van der Waals surface area contributed by atoms with Gasteiger partial charge in [-0.2, -0.15) is 0 Å². The standard InChI is InChI=1S/C14H16N6O2S/c1-20(2)7-3-8-9(22-6-21-8)4-10(7)23-14-18-11-12(15)16-5-17-13(11)19-14/h3-5,8-9H,6H2,1-2H3,(H3,15,16,17,18,19). The first-order valence-corrected chi connectivity index (χ1v) is 7.92. The van der Waals surface area contributed by atoms with Crippen LogP contribution in [-0.4, -0.2) is 57.9 Å². The van der Waals surface area contributed by atoms with Crippen LogP contribution in [-0.2, 0) is 9.47 Å². The van der Waals surface area contributed by atoms with Gasteiger partial charge >= 0.3 is 0 Å². The zero-order chi connectivity index (χ0) is 16.0. The second-order valence-electron chi connectivity index (χ2n) is 5.46. The second kappa shape index (κ2) is 5.52. The summed E-state index contributed by atoms with van der Waals surface area (Å²) in [4.78, 5) is 18.8. The molecule has 4 rings (SSSR count). The first kappa shape index (κ1) is 14.5. The van der Waals surface area contributed by atoms with Crippen molar-refractivity contribution in [2.75, 3.05) is 26.6 Å². The van der Waals surface area contributed by atoms with Crippen molar-refractivity contribution in [1.82, 2.24) is 24.8 Å². The fraction of sp³-hybridized carbons (Fsp3) is 0.357. The number of ether oxygens (including phenoxy) is 2. The predicted octanol–water partition coefficient (Wildman–Crippen LogP) is 1.11. The maximum Gasteiger partial charge on any atom is 0.183 e. The van der Waals surface area contributed by atoms with Gasteiger partial charge in [-0.15, -0.1) is 0 Å². The number of likely N-dealkylation sites (N-methyl/N-ethyl adjacent to an activating group) is 1. The molecule has 2 atom stereocenters. The molecule has 0 radical (unpaired) electrons. The van der Waals surface area contributed by atoms with Crippen LogP contribution in [0.25, 0.3) is 11.2 Å². The number of hydrogen-bond donors (Lipinski definition) is 2. The van der Waals surface area contributed by atoms with Crippen molar-refractivity contribution in [2.45, 2.75) is 17.4 Å². The topological polar surface area (TPSA) is 102 Å². The highest BCUT2D eigenvalue weighted by Crippen LogP contribution is 2.37. The number of anilines is 1. The van der Waals surface area contributed by atoms with Crippen molar-refractivity contribution >= 4 is 28.7 Å². The van der Waals surface area contributed by atoms with Gasteiger partial charge in [0.1, 0.15) is 30.8 Å². The van der Waals surface area contributed by atoms with Crippen molar-refractivity contribution in [3.05, 3.63) is 29.1 Å². The number of imidazole rings is 1. The lowest BCUT2D eigenvalue weighted by Gasteiger charge is -2.26. The Morgan fingerprint density at radius 2 is 2.04 bits per heavy atom. The lowest BCUT2D eigenvalue weighted by atomic mass is 10.1. The molecular weight excluding hydrogens is 316 g/mol. The number of aromatic nitrogens is 4. The van der Waals surface area contributed by atoms with Gasteiger partial charge in [0, 0.05) is 24.7 Å². The molecule has 1 saturated heterocycles. The molecule has 8 nitrogen and oxygen atoms in total. The number of nitrogens with one attached hydrogen (secondary N) is 1. The van der Waals surface area contributed by atoms with Crippen LogP contribution in [0.2, 0.25) is 0 Å².